The predicted octanol–water partition coefficient (Wildman–Crippen LogP) is 3.43. The smallest absolute Gasteiger partial charge is 0.410 e. The average molecular weight is 309 g/mol. The van der Waals surface area contributed by atoms with E-state index in [9.17, 15) is 14.3 Å². The highest BCUT2D eigenvalue weighted by Gasteiger charge is 2.28. The van der Waals surface area contributed by atoms with Gasteiger partial charge in [0.15, 0.2) is 0 Å². The van der Waals surface area contributed by atoms with Gasteiger partial charge in [0, 0.05) is 13.1 Å². The van der Waals surface area contributed by atoms with Crippen LogP contribution in [0.1, 0.15) is 50.7 Å². The summed E-state index contributed by atoms with van der Waals surface area (Å²) in [7, 11) is 0. The van der Waals surface area contributed by atoms with Crippen LogP contribution in [-0.2, 0) is 11.3 Å². The van der Waals surface area contributed by atoms with E-state index < -0.39 is 5.60 Å². The molecule has 0 saturated carbocycles. The first-order chi connectivity index (χ1) is 10.3. The van der Waals surface area contributed by atoms with E-state index in [1.807, 2.05) is 20.8 Å². The Morgan fingerprint density at radius 1 is 1.36 bits per heavy atom. The minimum atomic E-state index is -0.491. The van der Waals surface area contributed by atoms with Crippen molar-refractivity contribution in [3.63, 3.8) is 0 Å². The van der Waals surface area contributed by atoms with Gasteiger partial charge in [0.25, 0.3) is 0 Å². The van der Waals surface area contributed by atoms with Gasteiger partial charge < -0.3 is 14.7 Å². The zero-order valence-corrected chi connectivity index (χ0v) is 13.4. The van der Waals surface area contributed by atoms with E-state index in [2.05, 4.69) is 0 Å². The van der Waals surface area contributed by atoms with Gasteiger partial charge in [-0.1, -0.05) is 6.07 Å². The molecule has 1 aromatic rings. The number of aliphatic hydroxyl groups is 1. The lowest BCUT2D eigenvalue weighted by atomic mass is 9.86. The summed E-state index contributed by atoms with van der Waals surface area (Å²) in [5.74, 6) is -0.0968. The van der Waals surface area contributed by atoms with Crippen LogP contribution in [0.25, 0.3) is 0 Å². The molecule has 1 amide bonds. The summed E-state index contributed by atoms with van der Waals surface area (Å²) in [5.41, 5.74) is 1.12. The second kappa shape index (κ2) is 6.65. The standard InChI is InChI=1S/C17H24FNO3/c1-17(2,3)22-16(21)19-8-6-12(7-9-19)15-5-4-14(18)10-13(15)11-20/h4-5,10,12,20H,6-9,11H2,1-3H3. The number of halogens is 1. The van der Waals surface area contributed by atoms with E-state index in [1.54, 1.807) is 11.0 Å². The summed E-state index contributed by atoms with van der Waals surface area (Å²) in [6, 6.07) is 4.55. The number of carbonyl (C=O) groups is 1. The third kappa shape index (κ3) is 4.19. The fraction of sp³-hybridized carbons (Fsp3) is 0.588. The first-order valence-corrected chi connectivity index (χ1v) is 7.67. The lowest BCUT2D eigenvalue weighted by molar-refractivity contribution is 0.0204. The van der Waals surface area contributed by atoms with Gasteiger partial charge >= 0.3 is 6.09 Å². The average Bonchev–Trinajstić information content (AvgIpc) is 2.45. The normalized spacial score (nSPS) is 16.7. The van der Waals surface area contributed by atoms with E-state index in [-0.39, 0.29) is 24.4 Å². The molecule has 0 aromatic heterocycles. The number of nitrogens with zero attached hydrogens (tertiary/aromatic N) is 1. The topological polar surface area (TPSA) is 49.8 Å². The molecular weight excluding hydrogens is 285 g/mol. The fourth-order valence-electron chi connectivity index (χ4n) is 2.81. The number of hydrogen-bond acceptors (Lipinski definition) is 3. The van der Waals surface area contributed by atoms with Crippen LogP contribution in [0.2, 0.25) is 0 Å². The Kier molecular flexibility index (Phi) is 5.06. The van der Waals surface area contributed by atoms with Gasteiger partial charge in [-0.05, 0) is 62.8 Å². The molecule has 2 rings (SSSR count). The summed E-state index contributed by atoms with van der Waals surface area (Å²) in [6.07, 6.45) is 1.29. The van der Waals surface area contributed by atoms with Crippen LogP contribution in [0, 0.1) is 5.82 Å². The van der Waals surface area contributed by atoms with Crippen molar-refractivity contribution in [3.8, 4) is 0 Å². The second-order valence-electron chi connectivity index (χ2n) is 6.74. The summed E-state index contributed by atoms with van der Waals surface area (Å²) in [4.78, 5) is 13.8. The summed E-state index contributed by atoms with van der Waals surface area (Å²) in [5, 5.41) is 9.39. The van der Waals surface area contributed by atoms with E-state index in [1.165, 1.54) is 12.1 Å². The van der Waals surface area contributed by atoms with Gasteiger partial charge in [-0.15, -0.1) is 0 Å². The molecule has 1 N–H and O–H groups in total. The highest BCUT2D eigenvalue weighted by molar-refractivity contribution is 5.68. The first kappa shape index (κ1) is 16.7. The van der Waals surface area contributed by atoms with Crippen molar-refractivity contribution < 1.29 is 19.0 Å². The largest absolute Gasteiger partial charge is 0.444 e. The van der Waals surface area contributed by atoms with Crippen LogP contribution in [-0.4, -0.2) is 34.8 Å². The zero-order valence-electron chi connectivity index (χ0n) is 13.4. The Hall–Kier alpha value is -1.62. The zero-order chi connectivity index (χ0) is 16.3. The van der Waals surface area contributed by atoms with Crippen molar-refractivity contribution >= 4 is 6.09 Å². The number of ether oxygens (including phenoxy) is 1. The van der Waals surface area contributed by atoms with E-state index in [0.717, 1.165) is 18.4 Å². The van der Waals surface area contributed by atoms with Gasteiger partial charge in [0.1, 0.15) is 11.4 Å². The number of benzene rings is 1. The molecule has 0 spiro atoms. The number of piperidine rings is 1. The highest BCUT2D eigenvalue weighted by Crippen LogP contribution is 2.31. The molecule has 1 aromatic carbocycles. The van der Waals surface area contributed by atoms with Crippen LogP contribution in [0.3, 0.4) is 0 Å². The molecule has 0 unspecified atom stereocenters. The van der Waals surface area contributed by atoms with Crippen molar-refractivity contribution in [3.05, 3.63) is 35.1 Å². The van der Waals surface area contributed by atoms with Crippen LogP contribution >= 0.6 is 0 Å². The van der Waals surface area contributed by atoms with Gasteiger partial charge in [-0.3, -0.25) is 0 Å². The Morgan fingerprint density at radius 3 is 2.55 bits per heavy atom. The number of aliphatic hydroxyl groups excluding tert-OH is 1. The summed E-state index contributed by atoms with van der Waals surface area (Å²) < 4.78 is 18.6. The Balaban J connectivity index is 1.99. The Labute approximate surface area is 130 Å². The number of hydrogen-bond donors (Lipinski definition) is 1. The highest BCUT2D eigenvalue weighted by atomic mass is 19.1. The van der Waals surface area contributed by atoms with Crippen LogP contribution in [0.4, 0.5) is 9.18 Å². The molecule has 0 bridgehead atoms. The lowest BCUT2D eigenvalue weighted by Gasteiger charge is -2.34. The minimum absolute atomic E-state index is 0.167. The molecule has 0 atom stereocenters. The van der Waals surface area contributed by atoms with E-state index in [4.69, 9.17) is 4.74 Å². The first-order valence-electron chi connectivity index (χ1n) is 7.67. The molecule has 1 saturated heterocycles. The van der Waals surface area contributed by atoms with Gasteiger partial charge in [0.2, 0.25) is 0 Å². The van der Waals surface area contributed by atoms with Gasteiger partial charge in [0.05, 0.1) is 6.61 Å². The van der Waals surface area contributed by atoms with Crippen molar-refractivity contribution in [2.45, 2.75) is 51.7 Å². The summed E-state index contributed by atoms with van der Waals surface area (Å²) in [6.45, 7) is 6.61. The maximum Gasteiger partial charge on any atom is 0.410 e. The Morgan fingerprint density at radius 2 is 2.00 bits per heavy atom. The monoisotopic (exact) mass is 309 g/mol. The SMILES string of the molecule is CC(C)(C)OC(=O)N1CCC(c2ccc(F)cc2CO)CC1. The second-order valence-corrected chi connectivity index (χ2v) is 6.74. The molecule has 122 valence electrons. The molecule has 1 heterocycles. The van der Waals surface area contributed by atoms with Crippen molar-refractivity contribution in [2.75, 3.05) is 13.1 Å². The maximum absolute atomic E-state index is 13.2. The third-order valence-corrected chi connectivity index (χ3v) is 3.86. The molecule has 1 aliphatic heterocycles. The number of amides is 1. The number of carbonyl (C=O) groups excluding carboxylic acids is 1. The number of likely N-dealkylation sites (tertiary alicyclic amines) is 1. The molecule has 1 aliphatic rings. The minimum Gasteiger partial charge on any atom is -0.444 e. The summed E-state index contributed by atoms with van der Waals surface area (Å²) >= 11 is 0. The molecule has 0 radical (unpaired) electrons. The fourth-order valence-corrected chi connectivity index (χ4v) is 2.81. The molecular formula is C17H24FNO3. The molecule has 22 heavy (non-hydrogen) atoms. The molecule has 1 fully saturated rings. The third-order valence-electron chi connectivity index (χ3n) is 3.86. The molecule has 4 nitrogen and oxygen atoms in total. The molecule has 5 heteroatoms. The Bertz CT molecular complexity index is 531. The van der Waals surface area contributed by atoms with Crippen LogP contribution in [0.15, 0.2) is 18.2 Å². The van der Waals surface area contributed by atoms with Crippen LogP contribution < -0.4 is 0 Å². The number of rotatable bonds is 2. The van der Waals surface area contributed by atoms with Gasteiger partial charge in [-0.25, -0.2) is 9.18 Å². The maximum atomic E-state index is 13.2. The molecule has 0 aliphatic carbocycles. The van der Waals surface area contributed by atoms with E-state index in [0.29, 0.717) is 18.7 Å². The van der Waals surface area contributed by atoms with Crippen molar-refractivity contribution in [2.24, 2.45) is 0 Å². The lowest BCUT2D eigenvalue weighted by Crippen LogP contribution is -2.41. The van der Waals surface area contributed by atoms with E-state index >= 15 is 0 Å². The van der Waals surface area contributed by atoms with Crippen molar-refractivity contribution in [1.29, 1.82) is 0 Å². The predicted molar refractivity (Wildman–Crippen MR) is 82.1 cm³/mol. The van der Waals surface area contributed by atoms with Crippen molar-refractivity contribution in [1.82, 2.24) is 4.90 Å². The quantitative estimate of drug-likeness (QED) is 0.910. The van der Waals surface area contributed by atoms with Crippen LogP contribution in [0.5, 0.6) is 0 Å². The van der Waals surface area contributed by atoms with Gasteiger partial charge in [-0.2, -0.15) is 0 Å².